The molecule has 0 spiro atoms. The zero-order valence-electron chi connectivity index (χ0n) is 15.4. The minimum atomic E-state index is -3.67. The Labute approximate surface area is 182 Å². The van der Waals surface area contributed by atoms with Crippen molar-refractivity contribution in [1.29, 1.82) is 0 Å². The molecule has 1 fully saturated rings. The molecule has 0 saturated carbocycles. The molecule has 10 heteroatoms. The molecule has 3 rings (SSSR count). The predicted octanol–water partition coefficient (Wildman–Crippen LogP) is 3.52. The van der Waals surface area contributed by atoms with Gasteiger partial charge in [0.1, 0.15) is 0 Å². The summed E-state index contributed by atoms with van der Waals surface area (Å²) in [5.74, 6) is 0. The third kappa shape index (κ3) is 4.22. The lowest BCUT2D eigenvalue weighted by Gasteiger charge is -2.33. The Morgan fingerprint density at radius 2 is 1.00 bits per heavy atom. The van der Waals surface area contributed by atoms with E-state index in [0.29, 0.717) is 11.1 Å². The number of benzene rings is 2. The van der Waals surface area contributed by atoms with Crippen molar-refractivity contribution >= 4 is 51.9 Å². The number of hydrogen-bond donors (Lipinski definition) is 0. The van der Waals surface area contributed by atoms with Crippen LogP contribution in [0.5, 0.6) is 0 Å². The summed E-state index contributed by atoms with van der Waals surface area (Å²) in [7, 11) is -7.34. The van der Waals surface area contributed by atoms with Crippen LogP contribution in [-0.2, 0) is 20.0 Å². The molecule has 0 N–H and O–H groups in total. The van der Waals surface area contributed by atoms with Crippen LogP contribution in [-0.4, -0.2) is 51.6 Å². The van der Waals surface area contributed by atoms with Crippen LogP contribution < -0.4 is 0 Å². The highest BCUT2D eigenvalue weighted by Gasteiger charge is 2.34. The van der Waals surface area contributed by atoms with Crippen LogP contribution in [0, 0.1) is 13.8 Å². The van der Waals surface area contributed by atoms with Crippen LogP contribution in [0.15, 0.2) is 55.1 Å². The largest absolute Gasteiger partial charge is 0.243 e. The molecule has 0 radical (unpaired) electrons. The van der Waals surface area contributed by atoms with Gasteiger partial charge in [0.2, 0.25) is 20.0 Å². The molecule has 6 nitrogen and oxygen atoms in total. The summed E-state index contributed by atoms with van der Waals surface area (Å²) < 4.78 is 56.2. The highest BCUT2D eigenvalue weighted by molar-refractivity contribution is 9.10. The van der Waals surface area contributed by atoms with E-state index in [2.05, 4.69) is 31.9 Å². The average molecular weight is 552 g/mol. The van der Waals surface area contributed by atoms with E-state index >= 15 is 0 Å². The molecule has 1 saturated heterocycles. The molecule has 0 atom stereocenters. The van der Waals surface area contributed by atoms with Crippen LogP contribution in [0.1, 0.15) is 11.1 Å². The van der Waals surface area contributed by atoms with Crippen molar-refractivity contribution in [2.24, 2.45) is 0 Å². The number of aryl methyl sites for hydroxylation is 2. The summed E-state index contributed by atoms with van der Waals surface area (Å²) in [6, 6.07) is 10.0. The number of halogens is 2. The summed E-state index contributed by atoms with van der Waals surface area (Å²) in [6.07, 6.45) is 0. The van der Waals surface area contributed by atoms with Crippen LogP contribution in [0.25, 0.3) is 0 Å². The van der Waals surface area contributed by atoms with Gasteiger partial charge in [-0.3, -0.25) is 0 Å². The van der Waals surface area contributed by atoms with Gasteiger partial charge < -0.3 is 0 Å². The van der Waals surface area contributed by atoms with Gasteiger partial charge in [-0.1, -0.05) is 31.9 Å². The van der Waals surface area contributed by atoms with E-state index in [1.807, 2.05) is 0 Å². The maximum Gasteiger partial charge on any atom is 0.243 e. The second kappa shape index (κ2) is 8.16. The van der Waals surface area contributed by atoms with Crippen LogP contribution in [0.2, 0.25) is 0 Å². The smallest absolute Gasteiger partial charge is 0.207 e. The van der Waals surface area contributed by atoms with Gasteiger partial charge in [0.25, 0.3) is 0 Å². The summed E-state index contributed by atoms with van der Waals surface area (Å²) in [5.41, 5.74) is 1.30. The zero-order chi connectivity index (χ0) is 20.7. The van der Waals surface area contributed by atoms with Crippen molar-refractivity contribution in [2.45, 2.75) is 23.6 Å². The van der Waals surface area contributed by atoms with E-state index < -0.39 is 20.0 Å². The number of nitrogens with zero attached hydrogens (tertiary/aromatic N) is 2. The molecule has 2 aromatic rings. The predicted molar refractivity (Wildman–Crippen MR) is 115 cm³/mol. The first-order chi connectivity index (χ1) is 13.0. The van der Waals surface area contributed by atoms with Crippen molar-refractivity contribution in [3.63, 3.8) is 0 Å². The lowest BCUT2D eigenvalue weighted by Crippen LogP contribution is -2.50. The molecule has 152 valence electrons. The van der Waals surface area contributed by atoms with Gasteiger partial charge in [-0.05, 0) is 61.4 Å². The first-order valence-electron chi connectivity index (χ1n) is 8.56. The molecular formula is C18H20Br2N2O4S2. The maximum atomic E-state index is 13.0. The minimum Gasteiger partial charge on any atom is -0.207 e. The van der Waals surface area contributed by atoms with Crippen molar-refractivity contribution < 1.29 is 16.8 Å². The van der Waals surface area contributed by atoms with Crippen molar-refractivity contribution in [1.82, 2.24) is 8.61 Å². The first kappa shape index (κ1) is 21.9. The summed E-state index contributed by atoms with van der Waals surface area (Å²) in [6.45, 7) is 3.96. The summed E-state index contributed by atoms with van der Waals surface area (Å²) in [5, 5.41) is 0. The van der Waals surface area contributed by atoms with Gasteiger partial charge in [-0.15, -0.1) is 0 Å². The van der Waals surface area contributed by atoms with Crippen LogP contribution >= 0.6 is 31.9 Å². The van der Waals surface area contributed by atoms with Gasteiger partial charge >= 0.3 is 0 Å². The van der Waals surface area contributed by atoms with E-state index in [0.717, 1.165) is 8.95 Å². The number of rotatable bonds is 4. The lowest BCUT2D eigenvalue weighted by molar-refractivity contribution is 0.272. The molecule has 0 unspecified atom stereocenters. The van der Waals surface area contributed by atoms with E-state index in [-0.39, 0.29) is 36.0 Å². The van der Waals surface area contributed by atoms with E-state index in [1.54, 1.807) is 50.2 Å². The first-order valence-corrected chi connectivity index (χ1v) is 13.0. The van der Waals surface area contributed by atoms with Gasteiger partial charge in [0.15, 0.2) is 0 Å². The maximum absolute atomic E-state index is 13.0. The molecule has 0 aliphatic carbocycles. The Kier molecular flexibility index (Phi) is 6.38. The van der Waals surface area contributed by atoms with Crippen molar-refractivity contribution in [2.75, 3.05) is 26.2 Å². The normalized spacial score (nSPS) is 17.0. The monoisotopic (exact) mass is 550 g/mol. The number of piperazine rings is 1. The average Bonchev–Trinajstić information content (AvgIpc) is 2.61. The summed E-state index contributed by atoms with van der Waals surface area (Å²) >= 11 is 6.67. The van der Waals surface area contributed by atoms with Crippen molar-refractivity contribution in [3.8, 4) is 0 Å². The number of hydrogen-bond acceptors (Lipinski definition) is 4. The molecule has 0 bridgehead atoms. The highest BCUT2D eigenvalue weighted by Crippen LogP contribution is 2.27. The third-order valence-electron chi connectivity index (χ3n) is 4.71. The van der Waals surface area contributed by atoms with E-state index in [4.69, 9.17) is 0 Å². The molecule has 1 heterocycles. The topological polar surface area (TPSA) is 74.8 Å². The molecule has 1 aliphatic rings. The fraction of sp³-hybridized carbons (Fsp3) is 0.333. The third-order valence-corrected chi connectivity index (χ3v) is 9.81. The van der Waals surface area contributed by atoms with Gasteiger partial charge in [0.05, 0.1) is 9.79 Å². The quantitative estimate of drug-likeness (QED) is 0.582. The van der Waals surface area contributed by atoms with Gasteiger partial charge in [-0.25, -0.2) is 16.8 Å². The van der Waals surface area contributed by atoms with Gasteiger partial charge in [0, 0.05) is 35.1 Å². The fourth-order valence-electron chi connectivity index (χ4n) is 3.23. The molecule has 2 aromatic carbocycles. The minimum absolute atomic E-state index is 0.118. The Balaban J connectivity index is 1.80. The standard InChI is InChI=1S/C18H20Br2N2O4S2/c1-13-11-15(19)3-5-17(13)27(23,24)21-7-9-22(10-8-21)28(25,26)18-6-4-16(20)12-14(18)2/h3-6,11-12H,7-10H2,1-2H3. The van der Waals surface area contributed by atoms with Crippen molar-refractivity contribution in [3.05, 3.63) is 56.5 Å². The second-order valence-corrected chi connectivity index (χ2v) is 12.3. The summed E-state index contributed by atoms with van der Waals surface area (Å²) in [4.78, 5) is 0.492. The van der Waals surface area contributed by atoms with Gasteiger partial charge in [-0.2, -0.15) is 8.61 Å². The Hall–Kier alpha value is -0.780. The molecule has 0 amide bonds. The van der Waals surface area contributed by atoms with Crippen LogP contribution in [0.4, 0.5) is 0 Å². The Morgan fingerprint density at radius 1 is 0.679 bits per heavy atom. The molecule has 1 aliphatic heterocycles. The molecular weight excluding hydrogens is 532 g/mol. The second-order valence-electron chi connectivity index (χ2n) is 6.63. The molecule has 0 aromatic heterocycles. The lowest BCUT2D eigenvalue weighted by atomic mass is 10.2. The van der Waals surface area contributed by atoms with E-state index in [1.165, 1.54) is 8.61 Å². The Morgan fingerprint density at radius 3 is 1.29 bits per heavy atom. The zero-order valence-corrected chi connectivity index (χ0v) is 20.2. The fourth-order valence-corrected chi connectivity index (χ4v) is 7.44. The van der Waals surface area contributed by atoms with E-state index in [9.17, 15) is 16.8 Å². The number of sulfonamides is 2. The molecule has 28 heavy (non-hydrogen) atoms. The SMILES string of the molecule is Cc1cc(Br)ccc1S(=O)(=O)N1CCN(S(=O)(=O)c2ccc(Br)cc2C)CC1. The Bertz CT molecular complexity index is 1020. The van der Waals surface area contributed by atoms with Crippen LogP contribution in [0.3, 0.4) is 0 Å². The highest BCUT2D eigenvalue weighted by atomic mass is 79.9.